The predicted molar refractivity (Wildman–Crippen MR) is 107 cm³/mol. The molecule has 3 aromatic rings. The number of aromatic nitrogens is 2. The van der Waals surface area contributed by atoms with E-state index in [0.29, 0.717) is 47.6 Å². The quantitative estimate of drug-likeness (QED) is 0.533. The molecule has 1 atom stereocenters. The van der Waals surface area contributed by atoms with Gasteiger partial charge in [-0.15, -0.1) is 0 Å². The number of methoxy groups -OCH3 is 2. The highest BCUT2D eigenvalue weighted by molar-refractivity contribution is 5.56. The van der Waals surface area contributed by atoms with Crippen molar-refractivity contribution in [1.29, 1.82) is 0 Å². The van der Waals surface area contributed by atoms with Crippen LogP contribution < -0.4 is 14.8 Å². The summed E-state index contributed by atoms with van der Waals surface area (Å²) in [7, 11) is 3.20. The average molecular weight is 401 g/mol. The van der Waals surface area contributed by atoms with E-state index in [1.165, 1.54) is 6.07 Å². The van der Waals surface area contributed by atoms with Crippen LogP contribution in [0.25, 0.3) is 11.4 Å². The van der Waals surface area contributed by atoms with Crippen LogP contribution in [0.3, 0.4) is 0 Å². The molecule has 154 valence electrons. The number of ether oxygens (including phenoxy) is 3. The number of rotatable bonds is 9. The summed E-state index contributed by atoms with van der Waals surface area (Å²) in [6.07, 6.45) is 0. The zero-order valence-electron chi connectivity index (χ0n) is 16.9. The zero-order chi connectivity index (χ0) is 20.8. The van der Waals surface area contributed by atoms with Crippen molar-refractivity contribution in [1.82, 2.24) is 10.1 Å². The van der Waals surface area contributed by atoms with Gasteiger partial charge in [0.05, 0.1) is 13.7 Å². The van der Waals surface area contributed by atoms with E-state index >= 15 is 0 Å². The summed E-state index contributed by atoms with van der Waals surface area (Å²) in [6.45, 7) is 4.48. The van der Waals surface area contributed by atoms with Crippen molar-refractivity contribution in [2.45, 2.75) is 19.9 Å². The van der Waals surface area contributed by atoms with Crippen LogP contribution in [0.5, 0.6) is 11.5 Å². The summed E-state index contributed by atoms with van der Waals surface area (Å²) in [5.74, 6) is 1.65. The number of nitrogens with one attached hydrogen (secondary N) is 1. The SMILES string of the molecule is COCCOc1cc(NC(C)c2nc(-c3ccc(C)c(F)c3)no2)ccc1OC. The first-order valence-corrected chi connectivity index (χ1v) is 9.18. The lowest BCUT2D eigenvalue weighted by molar-refractivity contribution is 0.144. The normalized spacial score (nSPS) is 11.9. The van der Waals surface area contributed by atoms with Crippen molar-refractivity contribution < 1.29 is 23.1 Å². The Morgan fingerprint density at radius 2 is 1.93 bits per heavy atom. The molecule has 1 heterocycles. The van der Waals surface area contributed by atoms with Gasteiger partial charge >= 0.3 is 0 Å². The highest BCUT2D eigenvalue weighted by Crippen LogP contribution is 2.32. The van der Waals surface area contributed by atoms with Gasteiger partial charge < -0.3 is 24.1 Å². The molecule has 7 nitrogen and oxygen atoms in total. The Labute approximate surface area is 168 Å². The Morgan fingerprint density at radius 3 is 2.66 bits per heavy atom. The van der Waals surface area contributed by atoms with Crippen LogP contribution in [-0.2, 0) is 4.74 Å². The molecule has 1 N–H and O–H groups in total. The van der Waals surface area contributed by atoms with E-state index in [-0.39, 0.29) is 11.9 Å². The fourth-order valence-electron chi connectivity index (χ4n) is 2.69. The van der Waals surface area contributed by atoms with E-state index in [0.717, 1.165) is 5.69 Å². The Bertz CT molecular complexity index is 961. The number of nitrogens with zero attached hydrogens (tertiary/aromatic N) is 2. The minimum absolute atomic E-state index is 0.272. The molecule has 8 heteroatoms. The van der Waals surface area contributed by atoms with Crippen LogP contribution in [0.15, 0.2) is 40.9 Å². The number of aryl methyl sites for hydroxylation is 1. The van der Waals surface area contributed by atoms with Gasteiger partial charge in [-0.2, -0.15) is 4.98 Å². The second kappa shape index (κ2) is 9.38. The van der Waals surface area contributed by atoms with Gasteiger partial charge in [0, 0.05) is 24.4 Å². The summed E-state index contributed by atoms with van der Waals surface area (Å²) in [4.78, 5) is 4.38. The summed E-state index contributed by atoms with van der Waals surface area (Å²) in [5.41, 5.74) is 1.93. The van der Waals surface area contributed by atoms with Gasteiger partial charge in [-0.1, -0.05) is 17.3 Å². The zero-order valence-corrected chi connectivity index (χ0v) is 16.9. The molecule has 2 aromatic carbocycles. The molecule has 0 spiro atoms. The van der Waals surface area contributed by atoms with Crippen LogP contribution in [0.1, 0.15) is 24.4 Å². The third kappa shape index (κ3) is 5.03. The molecule has 0 saturated carbocycles. The topological polar surface area (TPSA) is 78.6 Å². The van der Waals surface area contributed by atoms with Gasteiger partial charge in [0.2, 0.25) is 11.7 Å². The fourth-order valence-corrected chi connectivity index (χ4v) is 2.69. The van der Waals surface area contributed by atoms with Crippen molar-refractivity contribution in [3.05, 3.63) is 53.7 Å². The second-order valence-corrected chi connectivity index (χ2v) is 6.49. The lowest BCUT2D eigenvalue weighted by Crippen LogP contribution is -2.08. The van der Waals surface area contributed by atoms with E-state index in [1.54, 1.807) is 33.3 Å². The Morgan fingerprint density at radius 1 is 1.10 bits per heavy atom. The Kier molecular flexibility index (Phi) is 6.66. The van der Waals surface area contributed by atoms with Gasteiger partial charge in [0.15, 0.2) is 11.5 Å². The molecule has 0 fully saturated rings. The van der Waals surface area contributed by atoms with Crippen LogP contribution >= 0.6 is 0 Å². The van der Waals surface area contributed by atoms with Crippen LogP contribution in [0, 0.1) is 12.7 Å². The van der Waals surface area contributed by atoms with E-state index in [4.69, 9.17) is 18.7 Å². The number of hydrogen-bond donors (Lipinski definition) is 1. The maximum atomic E-state index is 13.8. The number of hydrogen-bond acceptors (Lipinski definition) is 7. The Hall–Kier alpha value is -3.13. The first-order valence-electron chi connectivity index (χ1n) is 9.18. The van der Waals surface area contributed by atoms with Gasteiger partial charge in [0.25, 0.3) is 0 Å². The molecule has 0 aliphatic rings. The van der Waals surface area contributed by atoms with Crippen molar-refractivity contribution >= 4 is 5.69 Å². The highest BCUT2D eigenvalue weighted by atomic mass is 19.1. The monoisotopic (exact) mass is 401 g/mol. The first kappa shape index (κ1) is 20.6. The lowest BCUT2D eigenvalue weighted by atomic mass is 10.1. The smallest absolute Gasteiger partial charge is 0.249 e. The molecule has 29 heavy (non-hydrogen) atoms. The number of benzene rings is 2. The minimum Gasteiger partial charge on any atom is -0.493 e. The second-order valence-electron chi connectivity index (χ2n) is 6.49. The third-order valence-corrected chi connectivity index (χ3v) is 4.33. The molecule has 1 unspecified atom stereocenters. The summed E-state index contributed by atoms with van der Waals surface area (Å²) in [5, 5.41) is 7.25. The summed E-state index contributed by atoms with van der Waals surface area (Å²) < 4.78 is 35.2. The van der Waals surface area contributed by atoms with Crippen molar-refractivity contribution in [3.8, 4) is 22.9 Å². The van der Waals surface area contributed by atoms with Gasteiger partial charge in [-0.3, -0.25) is 0 Å². The molecule has 0 aliphatic heterocycles. The molecule has 3 rings (SSSR count). The summed E-state index contributed by atoms with van der Waals surface area (Å²) >= 11 is 0. The van der Waals surface area contributed by atoms with Crippen molar-refractivity contribution in [2.24, 2.45) is 0 Å². The van der Waals surface area contributed by atoms with Crippen LogP contribution in [-0.4, -0.2) is 37.6 Å². The van der Waals surface area contributed by atoms with Crippen LogP contribution in [0.4, 0.5) is 10.1 Å². The Balaban J connectivity index is 1.73. The minimum atomic E-state index is -0.306. The first-order chi connectivity index (χ1) is 14.0. The maximum Gasteiger partial charge on any atom is 0.249 e. The van der Waals surface area contributed by atoms with Crippen molar-refractivity contribution in [3.63, 3.8) is 0 Å². The van der Waals surface area contributed by atoms with Gasteiger partial charge in [-0.25, -0.2) is 4.39 Å². The molecule has 0 bridgehead atoms. The van der Waals surface area contributed by atoms with Gasteiger partial charge in [-0.05, 0) is 37.6 Å². The van der Waals surface area contributed by atoms with E-state index < -0.39 is 0 Å². The summed E-state index contributed by atoms with van der Waals surface area (Å²) in [6, 6.07) is 10.1. The molecule has 0 radical (unpaired) electrons. The molecule has 1 aromatic heterocycles. The standard InChI is InChI=1S/C21H24FN3O4/c1-13-5-6-15(11-17(13)22)20-24-21(29-25-20)14(2)23-16-7-8-18(27-4)19(12-16)28-10-9-26-3/h5-8,11-12,14,23H,9-10H2,1-4H3. The number of anilines is 1. The molecule has 0 amide bonds. The van der Waals surface area contributed by atoms with E-state index in [2.05, 4.69) is 15.5 Å². The molecular weight excluding hydrogens is 377 g/mol. The van der Waals surface area contributed by atoms with Crippen molar-refractivity contribution in [2.75, 3.05) is 32.8 Å². The largest absolute Gasteiger partial charge is 0.493 e. The highest BCUT2D eigenvalue weighted by Gasteiger charge is 2.17. The number of halogens is 1. The molecule has 0 aliphatic carbocycles. The fraction of sp³-hybridized carbons (Fsp3) is 0.333. The average Bonchev–Trinajstić information content (AvgIpc) is 3.21. The maximum absolute atomic E-state index is 13.8. The lowest BCUT2D eigenvalue weighted by Gasteiger charge is -2.15. The molecule has 0 saturated heterocycles. The van der Waals surface area contributed by atoms with Crippen LogP contribution in [0.2, 0.25) is 0 Å². The predicted octanol–water partition coefficient (Wildman–Crippen LogP) is 4.39. The van der Waals surface area contributed by atoms with Gasteiger partial charge in [0.1, 0.15) is 18.5 Å². The third-order valence-electron chi connectivity index (χ3n) is 4.33. The van der Waals surface area contributed by atoms with E-state index in [9.17, 15) is 4.39 Å². The van der Waals surface area contributed by atoms with E-state index in [1.807, 2.05) is 25.1 Å². The molecular formula is C21H24FN3O4.